The van der Waals surface area contributed by atoms with E-state index < -0.39 is 0 Å². The number of hydrogen-bond donors (Lipinski definition) is 2. The summed E-state index contributed by atoms with van der Waals surface area (Å²) in [6.07, 6.45) is 5.78. The van der Waals surface area contributed by atoms with Gasteiger partial charge in [-0.05, 0) is 37.1 Å². The Morgan fingerprint density at radius 1 is 1.26 bits per heavy atom. The number of rotatable bonds is 7. The van der Waals surface area contributed by atoms with Gasteiger partial charge in [-0.3, -0.25) is 9.59 Å². The first kappa shape index (κ1) is 19.1. The quantitative estimate of drug-likeness (QED) is 0.781. The number of carbonyl (C=O) groups excluding carboxylic acids is 2. The topological polar surface area (TPSA) is 85.2 Å². The van der Waals surface area contributed by atoms with E-state index >= 15 is 0 Å². The second-order valence-corrected chi connectivity index (χ2v) is 7.06. The third-order valence-corrected chi connectivity index (χ3v) is 4.54. The second-order valence-electron chi connectivity index (χ2n) is 7.06. The molecule has 1 atom stereocenters. The van der Waals surface area contributed by atoms with E-state index in [0.29, 0.717) is 18.7 Å². The maximum atomic E-state index is 12.2. The molecule has 0 unspecified atom stereocenters. The predicted octanol–water partition coefficient (Wildman–Crippen LogP) is 2.05. The third kappa shape index (κ3) is 5.17. The van der Waals surface area contributed by atoms with Crippen molar-refractivity contribution in [2.24, 2.45) is 5.92 Å². The van der Waals surface area contributed by atoms with Gasteiger partial charge in [-0.2, -0.15) is 5.10 Å². The molecule has 0 saturated carbocycles. The molecule has 1 aliphatic heterocycles. The van der Waals surface area contributed by atoms with Gasteiger partial charge in [0.25, 0.3) is 5.91 Å². The molecule has 144 valence electrons. The highest BCUT2D eigenvalue weighted by molar-refractivity contribution is 5.94. The fourth-order valence-electron chi connectivity index (χ4n) is 2.87. The number of benzene rings is 1. The number of nitrogens with zero attached hydrogens (tertiary/aromatic N) is 2. The van der Waals surface area contributed by atoms with Gasteiger partial charge in [0.15, 0.2) is 0 Å². The van der Waals surface area contributed by atoms with E-state index in [0.717, 1.165) is 30.7 Å². The van der Waals surface area contributed by atoms with Crippen molar-refractivity contribution in [3.63, 3.8) is 0 Å². The van der Waals surface area contributed by atoms with Crippen molar-refractivity contribution < 1.29 is 14.3 Å². The first-order chi connectivity index (χ1) is 13.0. The van der Waals surface area contributed by atoms with Crippen LogP contribution in [0.4, 0.5) is 0 Å². The zero-order valence-corrected chi connectivity index (χ0v) is 15.8. The summed E-state index contributed by atoms with van der Waals surface area (Å²) in [5, 5.41) is 10.1. The molecule has 1 aromatic carbocycles. The van der Waals surface area contributed by atoms with Gasteiger partial charge >= 0.3 is 0 Å². The number of ether oxygens (including phenoxy) is 1. The summed E-state index contributed by atoms with van der Waals surface area (Å²) < 4.78 is 7.24. The second kappa shape index (κ2) is 8.81. The molecule has 1 aromatic heterocycles. The summed E-state index contributed by atoms with van der Waals surface area (Å²) in [6.45, 7) is 5.49. The zero-order valence-electron chi connectivity index (χ0n) is 15.8. The summed E-state index contributed by atoms with van der Waals surface area (Å²) in [6, 6.07) is 7.26. The minimum atomic E-state index is -0.102. The van der Waals surface area contributed by atoms with Crippen LogP contribution in [-0.4, -0.2) is 40.9 Å². The normalized spacial score (nSPS) is 16.5. The SMILES string of the molecule is CC(C)C(=O)NCc1cnn(-c2ccc(C(=O)NC[C@H]3CCCO3)cc2)c1. The van der Waals surface area contributed by atoms with Crippen molar-refractivity contribution in [2.75, 3.05) is 13.2 Å². The van der Waals surface area contributed by atoms with E-state index in [-0.39, 0.29) is 23.8 Å². The minimum Gasteiger partial charge on any atom is -0.376 e. The number of hydrogen-bond acceptors (Lipinski definition) is 4. The fraction of sp³-hybridized carbons (Fsp3) is 0.450. The summed E-state index contributed by atoms with van der Waals surface area (Å²) in [7, 11) is 0. The Morgan fingerprint density at radius 3 is 2.70 bits per heavy atom. The molecule has 27 heavy (non-hydrogen) atoms. The third-order valence-electron chi connectivity index (χ3n) is 4.54. The molecule has 0 bridgehead atoms. The van der Waals surface area contributed by atoms with E-state index in [2.05, 4.69) is 15.7 Å². The Kier molecular flexibility index (Phi) is 6.24. The molecular weight excluding hydrogens is 344 g/mol. The molecule has 3 rings (SSSR count). The van der Waals surface area contributed by atoms with E-state index in [1.807, 2.05) is 32.2 Å². The highest BCUT2D eigenvalue weighted by Gasteiger charge is 2.16. The minimum absolute atomic E-state index is 0.0149. The number of nitrogens with one attached hydrogen (secondary N) is 2. The van der Waals surface area contributed by atoms with Gasteiger partial charge in [0, 0.05) is 42.9 Å². The molecule has 1 fully saturated rings. The zero-order chi connectivity index (χ0) is 19.2. The number of carbonyl (C=O) groups is 2. The van der Waals surface area contributed by atoms with Crippen molar-refractivity contribution in [1.82, 2.24) is 20.4 Å². The molecule has 1 aliphatic rings. The first-order valence-electron chi connectivity index (χ1n) is 9.34. The number of aromatic nitrogens is 2. The van der Waals surface area contributed by atoms with Crippen molar-refractivity contribution >= 4 is 11.8 Å². The van der Waals surface area contributed by atoms with Gasteiger partial charge in [-0.15, -0.1) is 0 Å². The Hall–Kier alpha value is -2.67. The molecule has 2 aromatic rings. The van der Waals surface area contributed by atoms with E-state index in [9.17, 15) is 9.59 Å². The highest BCUT2D eigenvalue weighted by Crippen LogP contribution is 2.12. The molecule has 2 N–H and O–H groups in total. The van der Waals surface area contributed by atoms with Crippen LogP contribution in [0.2, 0.25) is 0 Å². The molecule has 1 saturated heterocycles. The standard InChI is InChI=1S/C20H26N4O3/c1-14(2)19(25)21-10-15-11-23-24(13-15)17-7-5-16(6-8-17)20(26)22-12-18-4-3-9-27-18/h5-8,11,13-14,18H,3-4,9-10,12H2,1-2H3,(H,21,25)(H,22,26)/t18-/m1/s1. The average molecular weight is 370 g/mol. The van der Waals surface area contributed by atoms with Crippen LogP contribution < -0.4 is 10.6 Å². The molecule has 2 heterocycles. The lowest BCUT2D eigenvalue weighted by atomic mass is 10.2. The van der Waals surface area contributed by atoms with Gasteiger partial charge < -0.3 is 15.4 Å². The Balaban J connectivity index is 1.55. The first-order valence-corrected chi connectivity index (χ1v) is 9.34. The van der Waals surface area contributed by atoms with E-state index in [1.54, 1.807) is 23.0 Å². The molecule has 0 radical (unpaired) electrons. The molecule has 0 aliphatic carbocycles. The Bertz CT molecular complexity index is 777. The predicted molar refractivity (Wildman–Crippen MR) is 102 cm³/mol. The monoisotopic (exact) mass is 370 g/mol. The Morgan fingerprint density at radius 2 is 2.04 bits per heavy atom. The summed E-state index contributed by atoms with van der Waals surface area (Å²) >= 11 is 0. The van der Waals surface area contributed by atoms with Crippen LogP contribution in [0.25, 0.3) is 5.69 Å². The fourth-order valence-corrected chi connectivity index (χ4v) is 2.87. The van der Waals surface area contributed by atoms with Crippen molar-refractivity contribution in [3.8, 4) is 5.69 Å². The summed E-state index contributed by atoms with van der Waals surface area (Å²) in [5.74, 6) is -0.130. The van der Waals surface area contributed by atoms with Crippen LogP contribution in [0.15, 0.2) is 36.7 Å². The van der Waals surface area contributed by atoms with Crippen LogP contribution in [0.3, 0.4) is 0 Å². The van der Waals surface area contributed by atoms with Gasteiger partial charge in [-0.25, -0.2) is 4.68 Å². The van der Waals surface area contributed by atoms with Crippen LogP contribution in [0, 0.1) is 5.92 Å². The largest absolute Gasteiger partial charge is 0.376 e. The molecule has 7 nitrogen and oxygen atoms in total. The van der Waals surface area contributed by atoms with Crippen LogP contribution >= 0.6 is 0 Å². The van der Waals surface area contributed by atoms with Crippen molar-refractivity contribution in [3.05, 3.63) is 47.8 Å². The molecular formula is C20H26N4O3. The summed E-state index contributed by atoms with van der Waals surface area (Å²) in [5.41, 5.74) is 2.38. The van der Waals surface area contributed by atoms with Gasteiger partial charge in [0.1, 0.15) is 0 Å². The van der Waals surface area contributed by atoms with Crippen LogP contribution in [0.5, 0.6) is 0 Å². The molecule has 0 spiro atoms. The molecule has 2 amide bonds. The number of amides is 2. The average Bonchev–Trinajstić information content (AvgIpc) is 3.36. The van der Waals surface area contributed by atoms with Gasteiger partial charge in [0.2, 0.25) is 5.91 Å². The van der Waals surface area contributed by atoms with Crippen molar-refractivity contribution in [1.29, 1.82) is 0 Å². The maximum absolute atomic E-state index is 12.2. The summed E-state index contributed by atoms with van der Waals surface area (Å²) in [4.78, 5) is 23.9. The van der Waals surface area contributed by atoms with Crippen molar-refractivity contribution in [2.45, 2.75) is 39.3 Å². The maximum Gasteiger partial charge on any atom is 0.251 e. The van der Waals surface area contributed by atoms with E-state index in [4.69, 9.17) is 4.74 Å². The van der Waals surface area contributed by atoms with Crippen LogP contribution in [-0.2, 0) is 16.1 Å². The lowest BCUT2D eigenvalue weighted by Crippen LogP contribution is -2.31. The lowest BCUT2D eigenvalue weighted by molar-refractivity contribution is -0.124. The van der Waals surface area contributed by atoms with Gasteiger partial charge in [0.05, 0.1) is 18.0 Å². The molecule has 7 heteroatoms. The lowest BCUT2D eigenvalue weighted by Gasteiger charge is -2.11. The van der Waals surface area contributed by atoms with Crippen LogP contribution in [0.1, 0.15) is 42.6 Å². The van der Waals surface area contributed by atoms with Gasteiger partial charge in [-0.1, -0.05) is 13.8 Å². The van der Waals surface area contributed by atoms with E-state index in [1.165, 1.54) is 0 Å². The smallest absolute Gasteiger partial charge is 0.251 e. The Labute approximate surface area is 159 Å². The highest BCUT2D eigenvalue weighted by atomic mass is 16.5.